The van der Waals surface area contributed by atoms with E-state index in [0.29, 0.717) is 11.4 Å². The molecule has 0 aliphatic heterocycles. The Morgan fingerprint density at radius 1 is 0.519 bits per heavy atom. The number of anilines is 4. The molecule has 18 heteroatoms. The van der Waals surface area contributed by atoms with Crippen LogP contribution in [0.25, 0.3) is 0 Å². The van der Waals surface area contributed by atoms with Crippen molar-refractivity contribution in [1.29, 1.82) is 10.5 Å². The molecule has 0 saturated heterocycles. The highest BCUT2D eigenvalue weighted by Crippen LogP contribution is 2.19. The molecule has 0 bridgehead atoms. The summed E-state index contributed by atoms with van der Waals surface area (Å²) in [6, 6.07) is 9.77. The van der Waals surface area contributed by atoms with Crippen LogP contribution in [0, 0.1) is 22.7 Å². The van der Waals surface area contributed by atoms with Crippen LogP contribution in [0.2, 0.25) is 0 Å². The summed E-state index contributed by atoms with van der Waals surface area (Å²) in [5, 5.41) is 33.1. The third-order valence-electron chi connectivity index (χ3n) is 7.43. The predicted molar refractivity (Wildman–Crippen MR) is 189 cm³/mol. The lowest BCUT2D eigenvalue weighted by molar-refractivity contribution is -0.114. The van der Waals surface area contributed by atoms with Crippen LogP contribution in [0.3, 0.4) is 0 Å². The summed E-state index contributed by atoms with van der Waals surface area (Å²) in [7, 11) is 6.50. The van der Waals surface area contributed by atoms with Crippen molar-refractivity contribution in [3.8, 4) is 12.1 Å². The number of amides is 6. The lowest BCUT2D eigenvalue weighted by Crippen LogP contribution is -2.25. The minimum absolute atomic E-state index is 0.168. The number of hydrogen-bond donors (Lipinski definition) is 6. The molecule has 0 radical (unpaired) electrons. The molecule has 4 rings (SSSR count). The van der Waals surface area contributed by atoms with Gasteiger partial charge in [0.25, 0.3) is 23.6 Å². The molecule has 6 amide bonds. The van der Waals surface area contributed by atoms with Crippen molar-refractivity contribution < 1.29 is 28.8 Å². The minimum Gasteiger partial charge on any atom is -0.350 e. The first-order chi connectivity index (χ1) is 24.8. The molecule has 18 nitrogen and oxygen atoms in total. The van der Waals surface area contributed by atoms with Gasteiger partial charge in [0.15, 0.2) is 0 Å². The third-order valence-corrected chi connectivity index (χ3v) is 7.43. The zero-order chi connectivity index (χ0) is 37.9. The maximum atomic E-state index is 13.0. The van der Waals surface area contributed by atoms with E-state index in [1.165, 1.54) is 54.9 Å². The van der Waals surface area contributed by atoms with Crippen molar-refractivity contribution in [2.75, 3.05) is 34.4 Å². The first-order valence-corrected chi connectivity index (χ1v) is 15.7. The first kappa shape index (κ1) is 37.5. The molecule has 6 N–H and O–H groups in total. The van der Waals surface area contributed by atoms with Crippen molar-refractivity contribution in [2.24, 2.45) is 28.2 Å². The minimum atomic E-state index is -0.642. The van der Waals surface area contributed by atoms with Crippen molar-refractivity contribution in [1.82, 2.24) is 28.9 Å². The van der Waals surface area contributed by atoms with E-state index in [9.17, 15) is 28.8 Å². The summed E-state index contributed by atoms with van der Waals surface area (Å²) in [6.07, 6.45) is 8.51. The summed E-state index contributed by atoms with van der Waals surface area (Å²) in [5.74, 6) is -3.07. The second-order valence-electron chi connectivity index (χ2n) is 11.4. The van der Waals surface area contributed by atoms with Crippen molar-refractivity contribution in [3.05, 3.63) is 84.0 Å². The Bertz CT molecular complexity index is 2000. The van der Waals surface area contributed by atoms with E-state index >= 15 is 0 Å². The summed E-state index contributed by atoms with van der Waals surface area (Å²) < 4.78 is 6.07. The number of nitrogens with one attached hydrogen (secondary N) is 6. The molecule has 0 aromatic carbocycles. The Kier molecular flexibility index (Phi) is 12.1. The fraction of sp³-hybridized carbons (Fsp3) is 0.235. The predicted octanol–water partition coefficient (Wildman–Crippen LogP) is 1.97. The lowest BCUT2D eigenvalue weighted by Gasteiger charge is -2.03. The number of nitriles is 2. The van der Waals surface area contributed by atoms with Gasteiger partial charge in [0, 0.05) is 78.2 Å². The summed E-state index contributed by atoms with van der Waals surface area (Å²) in [6.45, 7) is 0.395. The zero-order valence-corrected chi connectivity index (χ0v) is 28.7. The van der Waals surface area contributed by atoms with E-state index in [-0.39, 0.29) is 60.1 Å². The molecule has 0 aliphatic carbocycles. The van der Waals surface area contributed by atoms with Crippen molar-refractivity contribution in [2.45, 2.75) is 12.8 Å². The van der Waals surface area contributed by atoms with Gasteiger partial charge in [-0.2, -0.15) is 10.5 Å². The van der Waals surface area contributed by atoms with E-state index in [2.05, 4.69) is 31.9 Å². The van der Waals surface area contributed by atoms with E-state index in [4.69, 9.17) is 10.5 Å². The van der Waals surface area contributed by atoms with E-state index < -0.39 is 35.4 Å². The Balaban J connectivity index is 1.29. The van der Waals surface area contributed by atoms with Crippen LogP contribution >= 0.6 is 0 Å². The molecular weight excluding hydrogens is 673 g/mol. The third kappa shape index (κ3) is 9.64. The maximum Gasteiger partial charge on any atom is 0.272 e. The molecule has 0 fully saturated rings. The fourth-order valence-electron chi connectivity index (χ4n) is 4.99. The van der Waals surface area contributed by atoms with Gasteiger partial charge in [-0.05, 0) is 24.3 Å². The molecule has 4 aromatic heterocycles. The Morgan fingerprint density at radius 3 is 1.12 bits per heavy atom. The number of carbonyl (C=O) groups is 6. The number of carbonyl (C=O) groups excluding carboxylic acids is 6. The van der Waals surface area contributed by atoms with E-state index in [1.807, 2.05) is 12.1 Å². The molecule has 0 unspecified atom stereocenters. The second-order valence-corrected chi connectivity index (χ2v) is 11.4. The molecule has 0 spiro atoms. The fourth-order valence-corrected chi connectivity index (χ4v) is 4.99. The second kappa shape index (κ2) is 16.9. The number of hydrogen-bond acceptors (Lipinski definition) is 8. The quantitative estimate of drug-likeness (QED) is 0.0641. The number of aromatic nitrogens is 4. The molecule has 0 saturated carbocycles. The average Bonchev–Trinajstić information content (AvgIpc) is 3.85. The number of nitrogens with zero attached hydrogens (tertiary/aromatic N) is 6. The average molecular weight is 710 g/mol. The first-order valence-electron chi connectivity index (χ1n) is 15.7. The summed E-state index contributed by atoms with van der Waals surface area (Å²) in [5.41, 5.74) is 2.30. The SMILES string of the molecule is Cn1cc(NC(=O)c2cc(NC(=O)/C=C\C(=O)Nc3cc(C(=O)Nc4cc(C(=O)[15NH]CCC#N)n(C)c4)n(C)c3)cn2C)cc1C(=O)NCCC#N. The maximum absolute atomic E-state index is 13.0. The Labute approximate surface area is 297 Å². The van der Waals surface area contributed by atoms with Crippen LogP contribution in [0.4, 0.5) is 22.7 Å². The van der Waals surface area contributed by atoms with Crippen LogP contribution in [-0.4, -0.2) is 66.8 Å². The van der Waals surface area contributed by atoms with Gasteiger partial charge in [0.2, 0.25) is 11.8 Å². The van der Waals surface area contributed by atoms with Gasteiger partial charge in [-0.15, -0.1) is 0 Å². The van der Waals surface area contributed by atoms with Gasteiger partial charge in [-0.1, -0.05) is 0 Å². The topological polar surface area (TPSA) is 242 Å². The molecule has 4 heterocycles. The van der Waals surface area contributed by atoms with Gasteiger partial charge < -0.3 is 50.2 Å². The molecular formula is C34H36N12O6. The normalized spacial score (nSPS) is 10.6. The smallest absolute Gasteiger partial charge is 0.272 e. The van der Waals surface area contributed by atoms with Crippen LogP contribution in [0.15, 0.2) is 61.2 Å². The van der Waals surface area contributed by atoms with Crippen LogP contribution in [0.5, 0.6) is 0 Å². The number of aryl methyl sites for hydroxylation is 4. The molecule has 52 heavy (non-hydrogen) atoms. The Hall–Kier alpha value is -7.34. The Morgan fingerprint density at radius 2 is 0.808 bits per heavy atom. The van der Waals surface area contributed by atoms with E-state index in [0.717, 1.165) is 12.2 Å². The van der Waals surface area contributed by atoms with Gasteiger partial charge in [0.1, 0.15) is 22.8 Å². The van der Waals surface area contributed by atoms with Gasteiger partial charge in [-0.25, -0.2) is 0 Å². The van der Waals surface area contributed by atoms with Gasteiger partial charge in [0.05, 0.1) is 47.7 Å². The molecule has 0 aliphatic rings. The zero-order valence-electron chi connectivity index (χ0n) is 28.7. The lowest BCUT2D eigenvalue weighted by atomic mass is 10.3. The highest BCUT2D eigenvalue weighted by molar-refractivity contribution is 6.09. The van der Waals surface area contributed by atoms with E-state index in [1.54, 1.807) is 40.6 Å². The van der Waals surface area contributed by atoms with Crippen LogP contribution in [-0.2, 0) is 37.8 Å². The number of rotatable bonds is 14. The standard InChI is InChI=1S/C34H36N12O6/c1-43-19-23(15-25(43)31(49)37-11-5-9-35)41-33(51)27-13-21(17-45(27)3)39-29(47)7-8-30(48)40-22-14-28(46(4)18-22)34(52)42-24-16-26(44(2)20-24)32(50)38-12-6-10-36/h7-8,13-20H,5-6,11-12H2,1-4H3,(H,37,49)(H,38,50)(H,39,47)(H,40,48)(H,41,51)(H,42,52)/b8-7-/i37+1. The van der Waals surface area contributed by atoms with Crippen LogP contribution in [0.1, 0.15) is 54.8 Å². The molecule has 0 atom stereocenters. The van der Waals surface area contributed by atoms with Crippen molar-refractivity contribution in [3.63, 3.8) is 0 Å². The van der Waals surface area contributed by atoms with Gasteiger partial charge in [-0.3, -0.25) is 28.8 Å². The summed E-state index contributed by atoms with van der Waals surface area (Å²) in [4.78, 5) is 75.7. The highest BCUT2D eigenvalue weighted by Gasteiger charge is 2.18. The molecule has 268 valence electrons. The highest BCUT2D eigenvalue weighted by atomic mass is 16.2. The largest absolute Gasteiger partial charge is 0.350 e. The monoisotopic (exact) mass is 709 g/mol. The van der Waals surface area contributed by atoms with Gasteiger partial charge >= 0.3 is 0 Å². The summed E-state index contributed by atoms with van der Waals surface area (Å²) >= 11 is 0. The molecule has 4 aromatic rings. The van der Waals surface area contributed by atoms with Crippen molar-refractivity contribution >= 4 is 58.2 Å². The van der Waals surface area contributed by atoms with Crippen LogP contribution < -0.4 is 31.9 Å².